The predicted molar refractivity (Wildman–Crippen MR) is 54.0 cm³/mol. The van der Waals surface area contributed by atoms with Crippen LogP contribution in [0.4, 0.5) is 0 Å². The van der Waals surface area contributed by atoms with Gasteiger partial charge in [-0.25, -0.2) is 4.98 Å². The Kier molecular flexibility index (Phi) is 2.78. The topological polar surface area (TPSA) is 55.0 Å². The van der Waals surface area contributed by atoms with Crippen molar-refractivity contribution >= 4 is 6.47 Å². The molecule has 4 nitrogen and oxygen atoms in total. The molecule has 2 rings (SSSR count). The van der Waals surface area contributed by atoms with Crippen LogP contribution in [0, 0.1) is 0 Å². The van der Waals surface area contributed by atoms with E-state index in [1.807, 2.05) is 30.3 Å². The average molecular weight is 202 g/mol. The van der Waals surface area contributed by atoms with Crippen LogP contribution in [-0.4, -0.2) is 16.4 Å². The maximum absolute atomic E-state index is 10.4. The van der Waals surface area contributed by atoms with Gasteiger partial charge in [-0.05, 0) is 5.56 Å². The quantitative estimate of drug-likeness (QED) is 0.767. The van der Waals surface area contributed by atoms with Gasteiger partial charge in [-0.1, -0.05) is 30.3 Å². The highest BCUT2D eigenvalue weighted by Gasteiger charge is 2.15. The van der Waals surface area contributed by atoms with Gasteiger partial charge in [0.1, 0.15) is 0 Å². The number of hydrogen-bond donors (Lipinski definition) is 1. The van der Waals surface area contributed by atoms with Gasteiger partial charge >= 0.3 is 0 Å². The van der Waals surface area contributed by atoms with E-state index in [1.165, 1.54) is 0 Å². The molecule has 1 atom stereocenters. The number of aromatic amines is 1. The predicted octanol–water partition coefficient (Wildman–Crippen LogP) is 1.67. The minimum atomic E-state index is -0.411. The summed E-state index contributed by atoms with van der Waals surface area (Å²) in [7, 11) is 0. The molecule has 0 saturated heterocycles. The molecule has 0 bridgehead atoms. The van der Waals surface area contributed by atoms with Crippen LogP contribution in [0.1, 0.15) is 17.4 Å². The Morgan fingerprint density at radius 3 is 2.73 bits per heavy atom. The van der Waals surface area contributed by atoms with Gasteiger partial charge in [-0.2, -0.15) is 0 Å². The number of nitrogens with zero attached hydrogens (tertiary/aromatic N) is 1. The number of benzene rings is 1. The molecule has 15 heavy (non-hydrogen) atoms. The van der Waals surface area contributed by atoms with Crippen molar-refractivity contribution in [3.05, 3.63) is 54.1 Å². The van der Waals surface area contributed by atoms with Crippen LogP contribution in [-0.2, 0) is 9.53 Å². The van der Waals surface area contributed by atoms with Crippen LogP contribution < -0.4 is 0 Å². The van der Waals surface area contributed by atoms with E-state index < -0.39 is 6.10 Å². The zero-order valence-corrected chi connectivity index (χ0v) is 7.96. The van der Waals surface area contributed by atoms with E-state index in [0.29, 0.717) is 6.47 Å². The van der Waals surface area contributed by atoms with Crippen LogP contribution in [0.3, 0.4) is 0 Å². The van der Waals surface area contributed by atoms with Crippen LogP contribution >= 0.6 is 0 Å². The molecule has 0 radical (unpaired) electrons. The van der Waals surface area contributed by atoms with Crippen molar-refractivity contribution in [1.82, 2.24) is 9.97 Å². The van der Waals surface area contributed by atoms with Gasteiger partial charge in [0, 0.05) is 0 Å². The van der Waals surface area contributed by atoms with Gasteiger partial charge < -0.3 is 9.72 Å². The SMILES string of the molecule is O=COC(c1ccccc1)c1cnc[nH]1. The van der Waals surface area contributed by atoms with E-state index in [0.717, 1.165) is 11.3 Å². The monoisotopic (exact) mass is 202 g/mol. The summed E-state index contributed by atoms with van der Waals surface area (Å²) in [5, 5.41) is 0. The summed E-state index contributed by atoms with van der Waals surface area (Å²) in [4.78, 5) is 17.3. The number of aromatic nitrogens is 2. The Bertz CT molecular complexity index is 411. The second-order valence-electron chi connectivity index (χ2n) is 3.03. The van der Waals surface area contributed by atoms with Crippen molar-refractivity contribution in [3.8, 4) is 0 Å². The van der Waals surface area contributed by atoms with Gasteiger partial charge in [0.25, 0.3) is 6.47 Å². The second kappa shape index (κ2) is 4.41. The Morgan fingerprint density at radius 2 is 2.13 bits per heavy atom. The number of imidazole rings is 1. The van der Waals surface area contributed by atoms with Crippen molar-refractivity contribution in [2.75, 3.05) is 0 Å². The maximum atomic E-state index is 10.4. The molecule has 1 aromatic carbocycles. The minimum Gasteiger partial charge on any atom is -0.453 e. The number of H-pyrrole nitrogens is 1. The first-order valence-corrected chi connectivity index (χ1v) is 4.54. The first kappa shape index (κ1) is 9.45. The largest absolute Gasteiger partial charge is 0.453 e. The fourth-order valence-electron chi connectivity index (χ4n) is 1.42. The number of carbonyl (C=O) groups is 1. The fraction of sp³-hybridized carbons (Fsp3) is 0.0909. The smallest absolute Gasteiger partial charge is 0.294 e. The van der Waals surface area contributed by atoms with Gasteiger partial charge in [-0.15, -0.1) is 0 Å². The highest BCUT2D eigenvalue weighted by molar-refractivity contribution is 5.40. The maximum Gasteiger partial charge on any atom is 0.294 e. The Hall–Kier alpha value is -2.10. The van der Waals surface area contributed by atoms with Crippen molar-refractivity contribution in [3.63, 3.8) is 0 Å². The van der Waals surface area contributed by atoms with Gasteiger partial charge in [-0.3, -0.25) is 4.79 Å². The Balaban J connectivity index is 2.32. The molecule has 4 heteroatoms. The van der Waals surface area contributed by atoms with Crippen molar-refractivity contribution in [2.45, 2.75) is 6.10 Å². The second-order valence-corrected chi connectivity index (χ2v) is 3.03. The summed E-state index contributed by atoms with van der Waals surface area (Å²) >= 11 is 0. The van der Waals surface area contributed by atoms with Crippen molar-refractivity contribution < 1.29 is 9.53 Å². The molecule has 0 fully saturated rings. The summed E-state index contributed by atoms with van der Waals surface area (Å²) < 4.78 is 5.02. The number of carbonyl (C=O) groups excluding carboxylic acids is 1. The normalized spacial score (nSPS) is 12.0. The highest BCUT2D eigenvalue weighted by atomic mass is 16.5. The van der Waals surface area contributed by atoms with Crippen LogP contribution in [0.15, 0.2) is 42.9 Å². The zero-order valence-electron chi connectivity index (χ0n) is 7.96. The lowest BCUT2D eigenvalue weighted by Gasteiger charge is -2.13. The fourth-order valence-corrected chi connectivity index (χ4v) is 1.42. The standard InChI is InChI=1S/C11H10N2O2/c14-8-15-11(10-6-12-7-13-10)9-4-2-1-3-5-9/h1-8,11H,(H,12,13). The van der Waals surface area contributed by atoms with E-state index in [4.69, 9.17) is 4.74 Å². The molecule has 0 aliphatic heterocycles. The lowest BCUT2D eigenvalue weighted by Crippen LogP contribution is -2.05. The first-order chi connectivity index (χ1) is 7.42. The summed E-state index contributed by atoms with van der Waals surface area (Å²) in [6.45, 7) is 0.443. The molecule has 76 valence electrons. The third-order valence-electron chi connectivity index (χ3n) is 2.10. The molecule has 0 aliphatic rings. The van der Waals surface area contributed by atoms with E-state index in [-0.39, 0.29) is 0 Å². The Labute approximate surface area is 86.9 Å². The van der Waals surface area contributed by atoms with Crippen molar-refractivity contribution in [1.29, 1.82) is 0 Å². The molecular formula is C11H10N2O2. The number of rotatable bonds is 4. The lowest BCUT2D eigenvalue weighted by atomic mass is 10.1. The summed E-state index contributed by atoms with van der Waals surface area (Å²) in [5.41, 5.74) is 1.67. The van der Waals surface area contributed by atoms with Gasteiger partial charge in [0.05, 0.1) is 18.2 Å². The average Bonchev–Trinajstić information content (AvgIpc) is 2.80. The third kappa shape index (κ3) is 2.04. The summed E-state index contributed by atoms with van der Waals surface area (Å²) in [5.74, 6) is 0. The third-order valence-corrected chi connectivity index (χ3v) is 2.10. The molecular weight excluding hydrogens is 192 g/mol. The van der Waals surface area contributed by atoms with Crippen molar-refractivity contribution in [2.24, 2.45) is 0 Å². The molecule has 1 N–H and O–H groups in total. The molecule has 2 aromatic rings. The van der Waals surface area contributed by atoms with E-state index in [9.17, 15) is 4.79 Å². The lowest BCUT2D eigenvalue weighted by molar-refractivity contribution is -0.132. The molecule has 0 amide bonds. The van der Waals surface area contributed by atoms with E-state index in [2.05, 4.69) is 9.97 Å². The molecule has 0 saturated carbocycles. The minimum absolute atomic E-state index is 0.411. The number of hydrogen-bond acceptors (Lipinski definition) is 3. The Morgan fingerprint density at radius 1 is 1.33 bits per heavy atom. The van der Waals surface area contributed by atoms with E-state index in [1.54, 1.807) is 12.5 Å². The van der Waals surface area contributed by atoms with Crippen LogP contribution in [0.2, 0.25) is 0 Å². The molecule has 1 unspecified atom stereocenters. The number of nitrogens with one attached hydrogen (secondary N) is 1. The highest BCUT2D eigenvalue weighted by Crippen LogP contribution is 2.22. The van der Waals surface area contributed by atoms with Crippen LogP contribution in [0.25, 0.3) is 0 Å². The van der Waals surface area contributed by atoms with Gasteiger partial charge in [0.15, 0.2) is 6.10 Å². The molecule has 1 heterocycles. The van der Waals surface area contributed by atoms with E-state index >= 15 is 0 Å². The molecule has 1 aromatic heterocycles. The first-order valence-electron chi connectivity index (χ1n) is 4.54. The molecule has 0 spiro atoms. The number of ether oxygens (including phenoxy) is 1. The summed E-state index contributed by atoms with van der Waals surface area (Å²) in [6.07, 6.45) is 2.78. The zero-order chi connectivity index (χ0) is 10.5. The molecule has 0 aliphatic carbocycles. The van der Waals surface area contributed by atoms with Crippen LogP contribution in [0.5, 0.6) is 0 Å². The summed E-state index contributed by atoms with van der Waals surface area (Å²) in [6, 6.07) is 9.50. The van der Waals surface area contributed by atoms with Gasteiger partial charge in [0.2, 0.25) is 0 Å².